The van der Waals surface area contributed by atoms with Crippen molar-refractivity contribution >= 4 is 27.5 Å². The molecule has 1 atom stereocenters. The first-order chi connectivity index (χ1) is 6.86. The van der Waals surface area contributed by atoms with Gasteiger partial charge in [0.05, 0.1) is 11.1 Å². The number of hydrogen-bond donors (Lipinski definition) is 2. The molecule has 0 heterocycles. The summed E-state index contributed by atoms with van der Waals surface area (Å²) in [5.74, 6) is 5.57. The molecule has 2 nitrogen and oxygen atoms in total. The van der Waals surface area contributed by atoms with Crippen molar-refractivity contribution in [1.29, 1.82) is 0 Å². The second kappa shape index (κ2) is 4.83. The predicted octanol–water partition coefficient (Wildman–Crippen LogP) is 3.65. The maximum Gasteiger partial charge on any atom is 0.0551 e. The lowest BCUT2D eigenvalue weighted by Gasteiger charge is -2.30. The molecule has 3 N–H and O–H groups in total. The van der Waals surface area contributed by atoms with Crippen LogP contribution in [0.3, 0.4) is 0 Å². The zero-order valence-electron chi connectivity index (χ0n) is 9.14. The molecule has 0 amide bonds. The van der Waals surface area contributed by atoms with Crippen LogP contribution in [-0.4, -0.2) is 0 Å². The summed E-state index contributed by atoms with van der Waals surface area (Å²) >= 11 is 9.42. The monoisotopic (exact) mass is 290 g/mol. The zero-order valence-corrected chi connectivity index (χ0v) is 11.5. The van der Waals surface area contributed by atoms with Gasteiger partial charge in [0, 0.05) is 4.47 Å². The number of hydrazine groups is 1. The van der Waals surface area contributed by atoms with Crippen LogP contribution in [0.5, 0.6) is 0 Å². The van der Waals surface area contributed by atoms with E-state index in [2.05, 4.69) is 42.1 Å². The van der Waals surface area contributed by atoms with Crippen molar-refractivity contribution in [1.82, 2.24) is 5.43 Å². The van der Waals surface area contributed by atoms with Crippen LogP contribution >= 0.6 is 27.5 Å². The molecule has 0 aromatic heterocycles. The average molecular weight is 292 g/mol. The van der Waals surface area contributed by atoms with Gasteiger partial charge < -0.3 is 0 Å². The van der Waals surface area contributed by atoms with Crippen molar-refractivity contribution < 1.29 is 0 Å². The fourth-order valence-electron chi connectivity index (χ4n) is 1.54. The molecule has 1 aromatic carbocycles. The lowest BCUT2D eigenvalue weighted by atomic mass is 9.83. The van der Waals surface area contributed by atoms with Crippen LogP contribution in [0.4, 0.5) is 0 Å². The molecule has 0 radical (unpaired) electrons. The molecular formula is C11H16BrClN2. The summed E-state index contributed by atoms with van der Waals surface area (Å²) in [5.41, 5.74) is 3.97. The van der Waals surface area contributed by atoms with Crippen molar-refractivity contribution in [3.8, 4) is 0 Å². The Kier molecular flexibility index (Phi) is 4.18. The highest BCUT2D eigenvalue weighted by Gasteiger charge is 2.25. The predicted molar refractivity (Wildman–Crippen MR) is 68.7 cm³/mol. The third-order valence-electron chi connectivity index (χ3n) is 2.31. The van der Waals surface area contributed by atoms with Gasteiger partial charge in [0.2, 0.25) is 0 Å². The molecule has 1 aromatic rings. The van der Waals surface area contributed by atoms with E-state index in [1.54, 1.807) is 0 Å². The lowest BCUT2D eigenvalue weighted by Crippen LogP contribution is -2.36. The summed E-state index contributed by atoms with van der Waals surface area (Å²) in [7, 11) is 0. The van der Waals surface area contributed by atoms with Crippen LogP contribution < -0.4 is 11.3 Å². The average Bonchev–Trinajstić information content (AvgIpc) is 2.10. The van der Waals surface area contributed by atoms with E-state index >= 15 is 0 Å². The maximum atomic E-state index is 6.05. The number of hydrogen-bond acceptors (Lipinski definition) is 2. The summed E-state index contributed by atoms with van der Waals surface area (Å²) < 4.78 is 0.901. The van der Waals surface area contributed by atoms with Gasteiger partial charge >= 0.3 is 0 Å². The highest BCUT2D eigenvalue weighted by molar-refractivity contribution is 9.10. The topological polar surface area (TPSA) is 38.0 Å². The summed E-state index contributed by atoms with van der Waals surface area (Å²) in [6.45, 7) is 6.40. The number of nitrogens with two attached hydrogens (primary N) is 1. The lowest BCUT2D eigenvalue weighted by molar-refractivity contribution is 0.275. The molecule has 0 aliphatic rings. The van der Waals surface area contributed by atoms with Gasteiger partial charge in [-0.1, -0.05) is 38.4 Å². The van der Waals surface area contributed by atoms with Crippen molar-refractivity contribution in [3.63, 3.8) is 0 Å². The van der Waals surface area contributed by atoms with Crippen LogP contribution in [0.25, 0.3) is 0 Å². The molecule has 0 spiro atoms. The van der Waals surface area contributed by atoms with E-state index in [0.717, 1.165) is 10.0 Å². The number of rotatable bonds is 2. The van der Waals surface area contributed by atoms with Crippen LogP contribution in [0.2, 0.25) is 5.02 Å². The minimum Gasteiger partial charge on any atom is -0.271 e. The van der Waals surface area contributed by atoms with Gasteiger partial charge in [0.1, 0.15) is 0 Å². The van der Waals surface area contributed by atoms with Gasteiger partial charge in [-0.3, -0.25) is 11.3 Å². The molecule has 1 rings (SSSR count). The minimum atomic E-state index is 0.0475. The molecule has 0 saturated heterocycles. The minimum absolute atomic E-state index is 0.0475. The molecule has 0 bridgehead atoms. The third-order valence-corrected chi connectivity index (χ3v) is 3.54. The molecule has 0 fully saturated rings. The van der Waals surface area contributed by atoms with Crippen molar-refractivity contribution in [2.75, 3.05) is 0 Å². The zero-order chi connectivity index (χ0) is 11.6. The van der Waals surface area contributed by atoms with E-state index in [9.17, 15) is 0 Å². The molecule has 84 valence electrons. The van der Waals surface area contributed by atoms with Crippen molar-refractivity contribution in [2.45, 2.75) is 26.8 Å². The number of benzene rings is 1. The molecular weight excluding hydrogens is 275 g/mol. The standard InChI is InChI=1S/C11H16BrClN2/c1-11(2,3)10(15-14)7-4-5-8(12)9(13)6-7/h4-6,10,15H,14H2,1-3H3. The van der Waals surface area contributed by atoms with Gasteiger partial charge in [-0.25, -0.2) is 0 Å². The quantitative estimate of drug-likeness (QED) is 0.645. The van der Waals surface area contributed by atoms with Crippen LogP contribution in [0.1, 0.15) is 32.4 Å². The Morgan fingerprint density at radius 2 is 2.00 bits per heavy atom. The van der Waals surface area contributed by atoms with Gasteiger partial charge in [0.15, 0.2) is 0 Å². The van der Waals surface area contributed by atoms with E-state index in [1.807, 2.05) is 18.2 Å². The van der Waals surface area contributed by atoms with Gasteiger partial charge in [-0.15, -0.1) is 0 Å². The Balaban J connectivity index is 3.08. The second-order valence-corrected chi connectivity index (χ2v) is 5.90. The molecule has 4 heteroatoms. The van der Waals surface area contributed by atoms with Gasteiger partial charge in [-0.2, -0.15) is 0 Å². The maximum absolute atomic E-state index is 6.05. The Morgan fingerprint density at radius 1 is 1.40 bits per heavy atom. The van der Waals surface area contributed by atoms with E-state index in [0.29, 0.717) is 5.02 Å². The van der Waals surface area contributed by atoms with Crippen LogP contribution in [0, 0.1) is 5.41 Å². The number of halogens is 2. The molecule has 0 saturated carbocycles. The fourth-order valence-corrected chi connectivity index (χ4v) is 1.97. The van der Waals surface area contributed by atoms with E-state index in [-0.39, 0.29) is 11.5 Å². The largest absolute Gasteiger partial charge is 0.271 e. The first-order valence-corrected chi connectivity index (χ1v) is 5.94. The normalized spacial score (nSPS) is 14.0. The summed E-state index contributed by atoms with van der Waals surface area (Å²) in [6, 6.07) is 5.98. The van der Waals surface area contributed by atoms with Gasteiger partial charge in [0.25, 0.3) is 0 Å². The highest BCUT2D eigenvalue weighted by atomic mass is 79.9. The first kappa shape index (κ1) is 13.0. The molecule has 0 aliphatic carbocycles. The highest BCUT2D eigenvalue weighted by Crippen LogP contribution is 2.34. The molecule has 1 unspecified atom stereocenters. The SMILES string of the molecule is CC(C)(C)C(NN)c1ccc(Br)c(Cl)c1. The first-order valence-electron chi connectivity index (χ1n) is 4.77. The number of nitrogens with one attached hydrogen (secondary N) is 1. The summed E-state index contributed by atoms with van der Waals surface area (Å²) in [4.78, 5) is 0. The van der Waals surface area contributed by atoms with E-state index in [1.165, 1.54) is 0 Å². The van der Waals surface area contributed by atoms with Crippen LogP contribution in [-0.2, 0) is 0 Å². The van der Waals surface area contributed by atoms with Crippen molar-refractivity contribution in [3.05, 3.63) is 33.3 Å². The smallest absolute Gasteiger partial charge is 0.0551 e. The second-order valence-electron chi connectivity index (χ2n) is 4.64. The van der Waals surface area contributed by atoms with Gasteiger partial charge in [-0.05, 0) is 39.0 Å². The fraction of sp³-hybridized carbons (Fsp3) is 0.455. The van der Waals surface area contributed by atoms with E-state index < -0.39 is 0 Å². The molecule has 15 heavy (non-hydrogen) atoms. The summed E-state index contributed by atoms with van der Waals surface area (Å²) in [5, 5.41) is 0.706. The third kappa shape index (κ3) is 3.18. The summed E-state index contributed by atoms with van der Waals surface area (Å²) in [6.07, 6.45) is 0. The Labute approximate surface area is 104 Å². The Morgan fingerprint density at radius 3 is 2.40 bits per heavy atom. The molecule has 0 aliphatic heterocycles. The van der Waals surface area contributed by atoms with E-state index in [4.69, 9.17) is 17.4 Å². The Hall–Kier alpha value is -0.0900. The van der Waals surface area contributed by atoms with Crippen LogP contribution in [0.15, 0.2) is 22.7 Å². The van der Waals surface area contributed by atoms with Crippen molar-refractivity contribution in [2.24, 2.45) is 11.3 Å². The Bertz CT molecular complexity index is 347.